The molecule has 0 saturated carbocycles. The van der Waals surface area contributed by atoms with Crippen molar-refractivity contribution in [2.24, 2.45) is 0 Å². The van der Waals surface area contributed by atoms with Crippen LogP contribution in [0.1, 0.15) is 43.8 Å². The number of benzene rings is 1. The maximum Gasteiger partial charge on any atom is 1.00 e. The third-order valence-corrected chi connectivity index (χ3v) is 7.15. The van der Waals surface area contributed by atoms with Crippen LogP contribution in [0.15, 0.2) is 17.5 Å². The summed E-state index contributed by atoms with van der Waals surface area (Å²) in [6, 6.07) is 0.929. The minimum Gasteiger partial charge on any atom is -0.542 e. The summed E-state index contributed by atoms with van der Waals surface area (Å²) in [7, 11) is 0. The summed E-state index contributed by atoms with van der Waals surface area (Å²) in [6.45, 7) is -0.559. The number of halogens is 9. The normalized spacial score (nSPS) is 19.1. The Morgan fingerprint density at radius 2 is 1.69 bits per heavy atom. The van der Waals surface area contributed by atoms with E-state index < -0.39 is 69.1 Å². The number of carbonyl (C=O) groups is 2. The summed E-state index contributed by atoms with van der Waals surface area (Å²) in [5.74, 6) is -3.71. The molecule has 0 aliphatic carbocycles. The Kier molecular flexibility index (Phi) is 9.08. The maximum atomic E-state index is 14.8. The van der Waals surface area contributed by atoms with Crippen molar-refractivity contribution in [1.29, 1.82) is 0 Å². The predicted molar refractivity (Wildman–Crippen MR) is 107 cm³/mol. The molecule has 2 aromatic rings. The second kappa shape index (κ2) is 10.7. The molecule has 17 heteroatoms. The first kappa shape index (κ1) is 30.7. The average Bonchev–Trinajstić information content (AvgIpc) is 3.24. The van der Waals surface area contributed by atoms with Crippen LogP contribution in [0.3, 0.4) is 0 Å². The van der Waals surface area contributed by atoms with Crippen molar-refractivity contribution in [3.05, 3.63) is 49.4 Å². The van der Waals surface area contributed by atoms with Crippen molar-refractivity contribution < 1.29 is 69.4 Å². The molecule has 2 unspecified atom stereocenters. The van der Waals surface area contributed by atoms with Crippen LogP contribution >= 0.6 is 34.5 Å². The molecule has 0 spiro atoms. The third kappa shape index (κ3) is 5.35. The SMILES string of the molecule is O=C([O-])c1nc(C(=O)N2CCC(F)C(c3ccc(C(O)(C(F)(F)F)C(F)(F)F)c(Cl)c3Cl)C2)cs1.[Li+]. The van der Waals surface area contributed by atoms with Gasteiger partial charge in [0.15, 0.2) is 0 Å². The standard InChI is InChI=1S/C19H13Cl2F7N2O4S.Li/c20-12-7(1-2-9(13(12)21)17(34,18(23,24)25)19(26,27)28)8-5-30(4-3-10(8)22)15(31)11-6-35-14(29-11)16(32)33;/h1-2,6,8,10,34H,3-5H2,(H,32,33);/q;+1/p-1. The molecule has 1 aliphatic heterocycles. The topological polar surface area (TPSA) is 93.6 Å². The number of hydrogen-bond donors (Lipinski definition) is 1. The first-order valence-corrected chi connectivity index (χ1v) is 11.1. The van der Waals surface area contributed by atoms with Crippen molar-refractivity contribution in [2.75, 3.05) is 13.1 Å². The number of hydrogen-bond acceptors (Lipinski definition) is 6. The number of piperidine rings is 1. The fourth-order valence-corrected chi connectivity index (χ4v) is 4.86. The molecule has 3 rings (SSSR count). The van der Waals surface area contributed by atoms with E-state index in [-0.39, 0.29) is 49.1 Å². The molecule has 192 valence electrons. The summed E-state index contributed by atoms with van der Waals surface area (Å²) < 4.78 is 94.2. The van der Waals surface area contributed by atoms with E-state index in [2.05, 4.69) is 4.98 Å². The number of thiazole rings is 1. The van der Waals surface area contributed by atoms with Gasteiger partial charge in [0, 0.05) is 30.0 Å². The van der Waals surface area contributed by atoms with Gasteiger partial charge in [-0.1, -0.05) is 35.3 Å². The van der Waals surface area contributed by atoms with E-state index in [1.54, 1.807) is 0 Å². The quantitative estimate of drug-likeness (QED) is 0.436. The molecular weight excluding hydrogens is 563 g/mol. The Balaban J connectivity index is 0.00000456. The van der Waals surface area contributed by atoms with Gasteiger partial charge < -0.3 is 19.9 Å². The summed E-state index contributed by atoms with van der Waals surface area (Å²) in [4.78, 5) is 28.2. The Labute approximate surface area is 224 Å². The number of likely N-dealkylation sites (tertiary alicyclic amines) is 1. The average molecular weight is 575 g/mol. The molecule has 0 bridgehead atoms. The van der Waals surface area contributed by atoms with Crippen molar-refractivity contribution in [2.45, 2.75) is 36.5 Å². The number of nitrogens with zero attached hydrogens (tertiary/aromatic N) is 2. The summed E-state index contributed by atoms with van der Waals surface area (Å²) in [5.41, 5.74) is -7.69. The number of aromatic nitrogens is 1. The molecule has 1 aromatic heterocycles. The zero-order valence-electron chi connectivity index (χ0n) is 17.9. The van der Waals surface area contributed by atoms with Gasteiger partial charge in [-0.15, -0.1) is 11.3 Å². The van der Waals surface area contributed by atoms with Crippen LogP contribution < -0.4 is 24.0 Å². The smallest absolute Gasteiger partial charge is 0.542 e. The number of carboxylic acids is 1. The van der Waals surface area contributed by atoms with Crippen molar-refractivity contribution in [3.8, 4) is 0 Å². The number of aliphatic hydroxyl groups is 1. The van der Waals surface area contributed by atoms with Crippen molar-refractivity contribution >= 4 is 46.4 Å². The molecular formula is C19H12Cl2F7LiN2O4S. The zero-order valence-corrected chi connectivity index (χ0v) is 20.2. The Morgan fingerprint density at radius 3 is 2.19 bits per heavy atom. The third-order valence-electron chi connectivity index (χ3n) is 5.44. The summed E-state index contributed by atoms with van der Waals surface area (Å²) >= 11 is 12.3. The van der Waals surface area contributed by atoms with Gasteiger partial charge in [0.25, 0.3) is 11.5 Å². The van der Waals surface area contributed by atoms with Crippen molar-refractivity contribution in [1.82, 2.24) is 9.88 Å². The number of carbonyl (C=O) groups excluding carboxylic acids is 2. The number of rotatable bonds is 4. The molecule has 36 heavy (non-hydrogen) atoms. The molecule has 1 aliphatic rings. The van der Waals surface area contributed by atoms with Crippen LogP contribution in [0, 0.1) is 0 Å². The Morgan fingerprint density at radius 1 is 1.11 bits per heavy atom. The molecule has 1 amide bonds. The van der Waals surface area contributed by atoms with Gasteiger partial charge in [-0.3, -0.25) is 4.79 Å². The second-order valence-corrected chi connectivity index (χ2v) is 9.14. The van der Waals surface area contributed by atoms with Gasteiger partial charge in [-0.05, 0) is 12.0 Å². The largest absolute Gasteiger partial charge is 1.00 e. The second-order valence-electron chi connectivity index (χ2n) is 7.52. The van der Waals surface area contributed by atoms with Gasteiger partial charge in [-0.25, -0.2) is 9.37 Å². The first-order chi connectivity index (χ1) is 16.0. The maximum absolute atomic E-state index is 14.8. The van der Waals surface area contributed by atoms with E-state index in [1.807, 2.05) is 0 Å². The van der Waals surface area contributed by atoms with Crippen LogP contribution in [0.4, 0.5) is 30.7 Å². The van der Waals surface area contributed by atoms with E-state index in [0.29, 0.717) is 17.4 Å². The number of alkyl halides is 7. The summed E-state index contributed by atoms with van der Waals surface area (Å²) in [6.07, 6.45) is -14.4. The number of amides is 1. The molecule has 1 N–H and O–H groups in total. The summed E-state index contributed by atoms with van der Waals surface area (Å²) in [5, 5.41) is 19.0. The fourth-order valence-electron chi connectivity index (χ4n) is 3.63. The van der Waals surface area contributed by atoms with Crippen LogP contribution in [0.5, 0.6) is 0 Å². The van der Waals surface area contributed by atoms with Crippen LogP contribution in [0.2, 0.25) is 10.0 Å². The zero-order chi connectivity index (χ0) is 26.5. The van der Waals surface area contributed by atoms with Gasteiger partial charge >= 0.3 is 31.2 Å². The Bertz CT molecular complexity index is 1150. The molecule has 6 nitrogen and oxygen atoms in total. The van der Waals surface area contributed by atoms with E-state index in [9.17, 15) is 50.5 Å². The van der Waals surface area contributed by atoms with Gasteiger partial charge in [0.2, 0.25) is 0 Å². The van der Waals surface area contributed by atoms with Crippen LogP contribution in [-0.4, -0.2) is 58.5 Å². The minimum atomic E-state index is -6.21. The molecule has 2 atom stereocenters. The Hall–Kier alpha value is -1.56. The molecule has 1 fully saturated rings. The number of aromatic carboxylic acids is 1. The predicted octanol–water partition coefficient (Wildman–Crippen LogP) is 1.10. The van der Waals surface area contributed by atoms with E-state index in [0.717, 1.165) is 10.3 Å². The first-order valence-electron chi connectivity index (χ1n) is 9.45. The van der Waals surface area contributed by atoms with E-state index >= 15 is 0 Å². The van der Waals surface area contributed by atoms with Gasteiger partial charge in [0.05, 0.1) is 10.0 Å². The van der Waals surface area contributed by atoms with E-state index in [1.165, 1.54) is 0 Å². The van der Waals surface area contributed by atoms with E-state index in [4.69, 9.17) is 23.2 Å². The molecule has 0 radical (unpaired) electrons. The van der Waals surface area contributed by atoms with Crippen molar-refractivity contribution in [3.63, 3.8) is 0 Å². The van der Waals surface area contributed by atoms with Gasteiger partial charge in [-0.2, -0.15) is 26.3 Å². The van der Waals surface area contributed by atoms with Crippen LogP contribution in [0.25, 0.3) is 0 Å². The molecule has 1 aromatic carbocycles. The monoisotopic (exact) mass is 574 g/mol. The molecule has 2 heterocycles. The number of carboxylic acid groups (broad SMARTS) is 1. The fraction of sp³-hybridized carbons (Fsp3) is 0.421. The van der Waals surface area contributed by atoms with Gasteiger partial charge in [0.1, 0.15) is 22.8 Å². The van der Waals surface area contributed by atoms with Crippen LogP contribution in [-0.2, 0) is 5.60 Å². The molecule has 1 saturated heterocycles. The minimum absolute atomic E-state index is 0.